The Morgan fingerprint density at radius 2 is 1.46 bits per heavy atom. The van der Waals surface area contributed by atoms with E-state index < -0.39 is 29.3 Å². The Labute approximate surface area is 163 Å². The van der Waals surface area contributed by atoms with Gasteiger partial charge in [0, 0.05) is 22.0 Å². The van der Waals surface area contributed by atoms with Crippen LogP contribution in [0.2, 0.25) is 5.02 Å². The maximum atomic E-state index is 13.3. The molecule has 6 nitrogen and oxygen atoms in total. The zero-order chi connectivity index (χ0) is 20.9. The van der Waals surface area contributed by atoms with Gasteiger partial charge in [0.25, 0.3) is 5.60 Å². The first-order valence-electron chi connectivity index (χ1n) is 7.98. The van der Waals surface area contributed by atoms with Crippen LogP contribution in [-0.4, -0.2) is 29.9 Å². The molecule has 28 heavy (non-hydrogen) atoms. The first kappa shape index (κ1) is 21.5. The van der Waals surface area contributed by atoms with Crippen LogP contribution in [-0.2, 0) is 15.1 Å². The summed E-state index contributed by atoms with van der Waals surface area (Å²) in [5.41, 5.74) is -3.95. The quantitative estimate of drug-likeness (QED) is 0.634. The van der Waals surface area contributed by atoms with Gasteiger partial charge in [0.2, 0.25) is 0 Å². The summed E-state index contributed by atoms with van der Waals surface area (Å²) in [5.74, 6) is -1.83. The fourth-order valence-corrected chi connectivity index (χ4v) is 2.38. The number of rotatable bonds is 5. The molecule has 0 heterocycles. The lowest BCUT2D eigenvalue weighted by molar-refractivity contribution is -0.267. The van der Waals surface area contributed by atoms with Gasteiger partial charge >= 0.3 is 18.2 Å². The standard InChI is InChI=1S/C18H16ClF3N2O4/c1-2-28-15(25)17(27,18(20,21)22)11-3-7-13(8-4-11)23-16(26)24-14-9-5-12(19)6-10-14/h3-10,27H,2H2,1H3,(H2,23,24,26). The highest BCUT2D eigenvalue weighted by atomic mass is 35.5. The number of hydrogen-bond donors (Lipinski definition) is 3. The van der Waals surface area contributed by atoms with Crippen molar-refractivity contribution in [3.05, 3.63) is 59.1 Å². The molecule has 2 aromatic rings. The molecule has 10 heteroatoms. The number of nitrogens with one attached hydrogen (secondary N) is 2. The van der Waals surface area contributed by atoms with Crippen molar-refractivity contribution in [3.8, 4) is 0 Å². The van der Waals surface area contributed by atoms with E-state index in [0.29, 0.717) is 10.7 Å². The molecule has 0 fully saturated rings. The summed E-state index contributed by atoms with van der Waals surface area (Å²) in [6.07, 6.45) is -5.29. The number of aliphatic hydroxyl groups is 1. The van der Waals surface area contributed by atoms with Crippen LogP contribution in [0.25, 0.3) is 0 Å². The molecule has 0 bridgehead atoms. The summed E-state index contributed by atoms with van der Waals surface area (Å²) in [5, 5.41) is 15.4. The van der Waals surface area contributed by atoms with Crippen LogP contribution in [0.3, 0.4) is 0 Å². The minimum atomic E-state index is -5.29. The average Bonchev–Trinajstić information content (AvgIpc) is 2.63. The second-order valence-electron chi connectivity index (χ2n) is 5.59. The third kappa shape index (κ3) is 4.73. The Bertz CT molecular complexity index is 841. The van der Waals surface area contributed by atoms with Gasteiger partial charge in [-0.3, -0.25) is 0 Å². The van der Waals surface area contributed by atoms with Gasteiger partial charge in [-0.15, -0.1) is 0 Å². The predicted octanol–water partition coefficient (Wildman–Crippen LogP) is 4.30. The van der Waals surface area contributed by atoms with Crippen molar-refractivity contribution in [2.75, 3.05) is 17.2 Å². The van der Waals surface area contributed by atoms with Crippen molar-refractivity contribution in [2.24, 2.45) is 0 Å². The second kappa shape index (κ2) is 8.49. The lowest BCUT2D eigenvalue weighted by Gasteiger charge is -2.28. The molecule has 2 amide bonds. The van der Waals surface area contributed by atoms with Crippen LogP contribution < -0.4 is 10.6 Å². The zero-order valence-corrected chi connectivity index (χ0v) is 15.3. The monoisotopic (exact) mass is 416 g/mol. The summed E-state index contributed by atoms with van der Waals surface area (Å²) in [6.45, 7) is 0.989. The van der Waals surface area contributed by atoms with E-state index in [0.717, 1.165) is 24.3 Å². The molecule has 2 aromatic carbocycles. The molecule has 0 aliphatic carbocycles. The number of anilines is 2. The summed E-state index contributed by atoms with van der Waals surface area (Å²) < 4.78 is 44.3. The maximum absolute atomic E-state index is 13.3. The Morgan fingerprint density at radius 3 is 1.89 bits per heavy atom. The lowest BCUT2D eigenvalue weighted by Crippen LogP contribution is -2.50. The number of esters is 1. The van der Waals surface area contributed by atoms with E-state index in [-0.39, 0.29) is 12.3 Å². The molecule has 0 aliphatic rings. The molecular formula is C18H16ClF3N2O4. The molecule has 150 valence electrons. The van der Waals surface area contributed by atoms with E-state index in [9.17, 15) is 27.9 Å². The Morgan fingerprint density at radius 1 is 1.00 bits per heavy atom. The van der Waals surface area contributed by atoms with Crippen LogP contribution in [0, 0.1) is 0 Å². The van der Waals surface area contributed by atoms with E-state index in [1.165, 1.54) is 6.92 Å². The number of alkyl halides is 3. The van der Waals surface area contributed by atoms with Crippen LogP contribution in [0.5, 0.6) is 0 Å². The van der Waals surface area contributed by atoms with Crippen molar-refractivity contribution >= 4 is 35.0 Å². The van der Waals surface area contributed by atoms with E-state index in [1.807, 2.05) is 0 Å². The summed E-state index contributed by atoms with van der Waals surface area (Å²) in [6, 6.07) is 9.61. The van der Waals surface area contributed by atoms with Crippen LogP contribution in [0.4, 0.5) is 29.3 Å². The van der Waals surface area contributed by atoms with Crippen molar-refractivity contribution in [3.63, 3.8) is 0 Å². The van der Waals surface area contributed by atoms with Crippen LogP contribution in [0.1, 0.15) is 12.5 Å². The van der Waals surface area contributed by atoms with E-state index in [4.69, 9.17) is 11.6 Å². The van der Waals surface area contributed by atoms with Gasteiger partial charge in [-0.05, 0) is 43.3 Å². The number of ether oxygens (including phenoxy) is 1. The highest BCUT2D eigenvalue weighted by Crippen LogP contribution is 2.40. The molecule has 0 saturated heterocycles. The van der Waals surface area contributed by atoms with Gasteiger partial charge < -0.3 is 20.5 Å². The third-order valence-corrected chi connectivity index (χ3v) is 3.90. The van der Waals surface area contributed by atoms with Gasteiger partial charge in [0.1, 0.15) is 0 Å². The molecule has 0 aliphatic heterocycles. The number of carbonyl (C=O) groups excluding carboxylic acids is 2. The number of benzene rings is 2. The molecule has 3 N–H and O–H groups in total. The van der Waals surface area contributed by atoms with Crippen molar-refractivity contribution in [1.29, 1.82) is 0 Å². The number of halogens is 4. The van der Waals surface area contributed by atoms with Gasteiger partial charge in [-0.25, -0.2) is 9.59 Å². The van der Waals surface area contributed by atoms with Gasteiger partial charge in [-0.1, -0.05) is 23.7 Å². The number of carbonyl (C=O) groups is 2. The molecule has 0 spiro atoms. The number of hydrogen-bond acceptors (Lipinski definition) is 4. The molecule has 2 rings (SSSR count). The fraction of sp³-hybridized carbons (Fsp3) is 0.222. The highest BCUT2D eigenvalue weighted by Gasteiger charge is 2.62. The SMILES string of the molecule is CCOC(=O)C(O)(c1ccc(NC(=O)Nc2ccc(Cl)cc2)cc1)C(F)(F)F. The van der Waals surface area contributed by atoms with Crippen LogP contribution >= 0.6 is 11.6 Å². The highest BCUT2D eigenvalue weighted by molar-refractivity contribution is 6.30. The van der Waals surface area contributed by atoms with E-state index in [1.54, 1.807) is 24.3 Å². The molecule has 0 radical (unpaired) electrons. The van der Waals surface area contributed by atoms with Gasteiger partial charge in [0.05, 0.1) is 6.61 Å². The smallest absolute Gasteiger partial charge is 0.432 e. The fourth-order valence-electron chi connectivity index (χ4n) is 2.25. The Balaban J connectivity index is 2.15. The van der Waals surface area contributed by atoms with Crippen LogP contribution in [0.15, 0.2) is 48.5 Å². The minimum absolute atomic E-state index is 0.142. The van der Waals surface area contributed by atoms with E-state index >= 15 is 0 Å². The topological polar surface area (TPSA) is 87.7 Å². The molecular weight excluding hydrogens is 401 g/mol. The minimum Gasteiger partial charge on any atom is -0.463 e. The molecule has 0 saturated carbocycles. The first-order valence-corrected chi connectivity index (χ1v) is 8.36. The van der Waals surface area contributed by atoms with Crippen molar-refractivity contribution in [2.45, 2.75) is 18.7 Å². The lowest BCUT2D eigenvalue weighted by atomic mass is 9.93. The molecule has 1 atom stereocenters. The Kier molecular flexibility index (Phi) is 6.52. The molecule has 1 unspecified atom stereocenters. The average molecular weight is 417 g/mol. The van der Waals surface area contributed by atoms with Gasteiger partial charge in [-0.2, -0.15) is 13.2 Å². The summed E-state index contributed by atoms with van der Waals surface area (Å²) in [4.78, 5) is 23.7. The summed E-state index contributed by atoms with van der Waals surface area (Å²) >= 11 is 5.74. The van der Waals surface area contributed by atoms with E-state index in [2.05, 4.69) is 15.4 Å². The maximum Gasteiger partial charge on any atom is 0.432 e. The predicted molar refractivity (Wildman–Crippen MR) is 97.1 cm³/mol. The van der Waals surface area contributed by atoms with Crippen molar-refractivity contribution < 1.29 is 32.6 Å². The number of urea groups is 1. The Hall–Kier alpha value is -2.78. The third-order valence-electron chi connectivity index (χ3n) is 3.64. The summed E-state index contributed by atoms with van der Waals surface area (Å²) in [7, 11) is 0. The largest absolute Gasteiger partial charge is 0.463 e. The zero-order valence-electron chi connectivity index (χ0n) is 14.5. The first-order chi connectivity index (χ1) is 13.1. The second-order valence-corrected chi connectivity index (χ2v) is 6.03. The molecule has 0 aromatic heterocycles. The number of amides is 2. The van der Waals surface area contributed by atoms with Crippen molar-refractivity contribution in [1.82, 2.24) is 0 Å². The van der Waals surface area contributed by atoms with Gasteiger partial charge in [0.15, 0.2) is 0 Å². The normalized spacial score (nSPS) is 13.4.